The quantitative estimate of drug-likeness (QED) is 0.770. The first-order valence-electron chi connectivity index (χ1n) is 9.41. The lowest BCUT2D eigenvalue weighted by Crippen LogP contribution is -2.52. The summed E-state index contributed by atoms with van der Waals surface area (Å²) in [7, 11) is -3.52. The number of hydrogen-bond acceptors (Lipinski definition) is 4. The minimum absolute atomic E-state index is 0.0387. The Morgan fingerprint density at radius 1 is 0.926 bits per heavy atom. The van der Waals surface area contributed by atoms with Crippen molar-refractivity contribution in [3.8, 4) is 0 Å². The third-order valence-corrected chi connectivity index (χ3v) is 7.61. The van der Waals surface area contributed by atoms with Crippen LogP contribution in [0.4, 0.5) is 0 Å². The van der Waals surface area contributed by atoms with Gasteiger partial charge in [0, 0.05) is 52.1 Å². The van der Waals surface area contributed by atoms with Gasteiger partial charge in [-0.05, 0) is 31.4 Å². The van der Waals surface area contributed by atoms with Gasteiger partial charge in [-0.1, -0.05) is 18.2 Å². The van der Waals surface area contributed by atoms with Crippen LogP contribution in [0, 0.1) is 12.8 Å². The highest BCUT2D eigenvalue weighted by atomic mass is 32.2. The van der Waals surface area contributed by atoms with Gasteiger partial charge in [0.1, 0.15) is 0 Å². The number of carbonyl (C=O) groups excluding carboxylic acids is 2. The summed E-state index contributed by atoms with van der Waals surface area (Å²) in [6, 6.07) is 6.99. The lowest BCUT2D eigenvalue weighted by Gasteiger charge is -2.38. The molecule has 0 atom stereocenters. The van der Waals surface area contributed by atoms with Gasteiger partial charge in [-0.25, -0.2) is 8.42 Å². The van der Waals surface area contributed by atoms with E-state index in [-0.39, 0.29) is 17.7 Å². The minimum atomic E-state index is -3.52. The second kappa shape index (κ2) is 7.98. The SMILES string of the molecule is CC(=O)N1CCN(C(=O)C2CCN(S(=O)(=O)c3ccccc3C)CC2)CC1. The summed E-state index contributed by atoms with van der Waals surface area (Å²) in [5.74, 6) is -0.0137. The molecular formula is C19H27N3O4S. The molecule has 0 N–H and O–H groups in total. The van der Waals surface area contributed by atoms with Gasteiger partial charge in [0.05, 0.1) is 4.90 Å². The molecule has 2 aliphatic rings. The first-order valence-corrected chi connectivity index (χ1v) is 10.8. The molecule has 1 aromatic carbocycles. The summed E-state index contributed by atoms with van der Waals surface area (Å²) in [5.41, 5.74) is 0.735. The maximum atomic E-state index is 12.9. The topological polar surface area (TPSA) is 78.0 Å². The predicted octanol–water partition coefficient (Wildman–Crippen LogP) is 1.09. The Kier molecular flexibility index (Phi) is 5.86. The fourth-order valence-corrected chi connectivity index (χ4v) is 5.52. The first kappa shape index (κ1) is 19.8. The Balaban J connectivity index is 1.58. The molecule has 8 heteroatoms. The van der Waals surface area contributed by atoms with Gasteiger partial charge in [0.15, 0.2) is 0 Å². The summed E-state index contributed by atoms with van der Waals surface area (Å²) in [5, 5.41) is 0. The number of rotatable bonds is 3. The second-order valence-electron chi connectivity index (χ2n) is 7.28. The molecule has 2 aliphatic heterocycles. The second-order valence-corrected chi connectivity index (χ2v) is 9.18. The van der Waals surface area contributed by atoms with Crippen molar-refractivity contribution >= 4 is 21.8 Å². The van der Waals surface area contributed by atoms with E-state index in [1.165, 1.54) is 4.31 Å². The number of piperazine rings is 1. The molecule has 148 valence electrons. The molecule has 2 fully saturated rings. The van der Waals surface area contributed by atoms with Crippen molar-refractivity contribution in [2.24, 2.45) is 5.92 Å². The van der Waals surface area contributed by atoms with Crippen LogP contribution in [0.2, 0.25) is 0 Å². The number of nitrogens with zero attached hydrogens (tertiary/aromatic N) is 3. The number of amides is 2. The van der Waals surface area contributed by atoms with Crippen LogP contribution in [0.3, 0.4) is 0 Å². The summed E-state index contributed by atoms with van der Waals surface area (Å²) in [6.07, 6.45) is 1.08. The van der Waals surface area contributed by atoms with Crippen LogP contribution in [0.15, 0.2) is 29.2 Å². The zero-order valence-corrected chi connectivity index (χ0v) is 16.7. The molecule has 2 heterocycles. The third-order valence-electron chi connectivity index (χ3n) is 5.55. The average Bonchev–Trinajstić information content (AvgIpc) is 2.68. The van der Waals surface area contributed by atoms with E-state index in [9.17, 15) is 18.0 Å². The van der Waals surface area contributed by atoms with Crippen LogP contribution in [0.5, 0.6) is 0 Å². The van der Waals surface area contributed by atoms with Gasteiger partial charge in [-0.3, -0.25) is 9.59 Å². The highest BCUT2D eigenvalue weighted by Gasteiger charge is 2.35. The lowest BCUT2D eigenvalue weighted by atomic mass is 9.96. The lowest BCUT2D eigenvalue weighted by molar-refractivity contribution is -0.142. The number of benzene rings is 1. The molecule has 0 spiro atoms. The minimum Gasteiger partial charge on any atom is -0.339 e. The van der Waals surface area contributed by atoms with Crippen LogP contribution in [-0.2, 0) is 19.6 Å². The Morgan fingerprint density at radius 3 is 2.04 bits per heavy atom. The van der Waals surface area contributed by atoms with Crippen molar-refractivity contribution in [2.75, 3.05) is 39.3 Å². The average molecular weight is 394 g/mol. The van der Waals surface area contributed by atoms with Gasteiger partial charge in [0.2, 0.25) is 21.8 Å². The fourth-order valence-electron chi connectivity index (χ4n) is 3.83. The molecule has 0 aromatic heterocycles. The molecule has 0 bridgehead atoms. The number of hydrogen-bond donors (Lipinski definition) is 0. The molecule has 0 unspecified atom stereocenters. The molecule has 27 heavy (non-hydrogen) atoms. The zero-order chi connectivity index (χ0) is 19.6. The van der Waals surface area contributed by atoms with Crippen LogP contribution >= 0.6 is 0 Å². The summed E-state index contributed by atoms with van der Waals surface area (Å²) in [6.45, 7) is 6.32. The van der Waals surface area contributed by atoms with Crippen molar-refractivity contribution < 1.29 is 18.0 Å². The molecule has 0 saturated carbocycles. The zero-order valence-electron chi connectivity index (χ0n) is 15.9. The van der Waals surface area contributed by atoms with E-state index in [1.54, 1.807) is 36.9 Å². The van der Waals surface area contributed by atoms with Crippen molar-refractivity contribution in [1.82, 2.24) is 14.1 Å². The smallest absolute Gasteiger partial charge is 0.243 e. The van der Waals surface area contributed by atoms with E-state index in [2.05, 4.69) is 0 Å². The first-order chi connectivity index (χ1) is 12.8. The monoisotopic (exact) mass is 393 g/mol. The van der Waals surface area contributed by atoms with Crippen LogP contribution in [0.25, 0.3) is 0 Å². The number of carbonyl (C=O) groups is 2. The number of aryl methyl sites for hydroxylation is 1. The largest absolute Gasteiger partial charge is 0.339 e. The van der Waals surface area contributed by atoms with E-state index >= 15 is 0 Å². The van der Waals surface area contributed by atoms with Crippen molar-refractivity contribution in [2.45, 2.75) is 31.6 Å². The molecule has 7 nitrogen and oxygen atoms in total. The molecule has 0 radical (unpaired) electrons. The highest BCUT2D eigenvalue weighted by Crippen LogP contribution is 2.26. The third kappa shape index (κ3) is 4.16. The van der Waals surface area contributed by atoms with Gasteiger partial charge < -0.3 is 9.80 Å². The van der Waals surface area contributed by atoms with E-state index in [0.29, 0.717) is 57.0 Å². The Bertz CT molecular complexity index is 808. The van der Waals surface area contributed by atoms with Crippen molar-refractivity contribution in [3.63, 3.8) is 0 Å². The van der Waals surface area contributed by atoms with Crippen LogP contribution in [-0.4, -0.2) is 73.6 Å². The van der Waals surface area contributed by atoms with E-state index in [0.717, 1.165) is 5.56 Å². The van der Waals surface area contributed by atoms with E-state index in [4.69, 9.17) is 0 Å². The van der Waals surface area contributed by atoms with Crippen LogP contribution in [0.1, 0.15) is 25.3 Å². The Morgan fingerprint density at radius 2 is 1.48 bits per heavy atom. The van der Waals surface area contributed by atoms with E-state index in [1.807, 2.05) is 11.0 Å². The van der Waals surface area contributed by atoms with E-state index < -0.39 is 10.0 Å². The predicted molar refractivity (Wildman–Crippen MR) is 101 cm³/mol. The summed E-state index contributed by atoms with van der Waals surface area (Å²) < 4.78 is 27.3. The number of sulfonamides is 1. The standard InChI is InChI=1S/C19H27N3O4S/c1-15-5-3-4-6-18(15)27(25,26)22-9-7-17(8-10-22)19(24)21-13-11-20(12-14-21)16(2)23/h3-6,17H,7-14H2,1-2H3. The van der Waals surface area contributed by atoms with Crippen LogP contribution < -0.4 is 0 Å². The fraction of sp³-hybridized carbons (Fsp3) is 0.579. The summed E-state index contributed by atoms with van der Waals surface area (Å²) >= 11 is 0. The normalized spacial score (nSPS) is 19.9. The molecule has 2 amide bonds. The molecular weight excluding hydrogens is 366 g/mol. The van der Waals surface area contributed by atoms with Gasteiger partial charge in [0.25, 0.3) is 0 Å². The number of piperidine rings is 1. The maximum absolute atomic E-state index is 12.9. The summed E-state index contributed by atoms with van der Waals surface area (Å²) in [4.78, 5) is 28.1. The Hall–Kier alpha value is -1.93. The molecule has 3 rings (SSSR count). The van der Waals surface area contributed by atoms with Gasteiger partial charge in [-0.2, -0.15) is 4.31 Å². The van der Waals surface area contributed by atoms with Gasteiger partial charge in [-0.15, -0.1) is 0 Å². The van der Waals surface area contributed by atoms with Gasteiger partial charge >= 0.3 is 0 Å². The maximum Gasteiger partial charge on any atom is 0.243 e. The molecule has 0 aliphatic carbocycles. The molecule has 1 aromatic rings. The van der Waals surface area contributed by atoms with Crippen molar-refractivity contribution in [3.05, 3.63) is 29.8 Å². The van der Waals surface area contributed by atoms with Crippen molar-refractivity contribution in [1.29, 1.82) is 0 Å². The molecule has 2 saturated heterocycles. The highest BCUT2D eigenvalue weighted by molar-refractivity contribution is 7.89. The Labute approximate surface area is 161 Å².